The van der Waals surface area contributed by atoms with Gasteiger partial charge in [0.25, 0.3) is 0 Å². The molecule has 0 aliphatic carbocycles. The van der Waals surface area contributed by atoms with Gasteiger partial charge < -0.3 is 9.72 Å². The summed E-state index contributed by atoms with van der Waals surface area (Å²) in [5.41, 5.74) is 4.29. The number of rotatable bonds is 5. The average molecular weight is 298 g/mol. The molecule has 3 aromatic heterocycles. The van der Waals surface area contributed by atoms with E-state index in [1.54, 1.807) is 24.1 Å². The summed E-state index contributed by atoms with van der Waals surface area (Å²) in [6.07, 6.45) is 4.30. The Morgan fingerprint density at radius 1 is 1.32 bits per heavy atom. The lowest BCUT2D eigenvalue weighted by atomic mass is 10.0. The van der Waals surface area contributed by atoms with Gasteiger partial charge in [0.15, 0.2) is 5.65 Å². The molecule has 0 aliphatic heterocycles. The molecular formula is C16H18N4O2. The maximum atomic E-state index is 12.1. The highest BCUT2D eigenvalue weighted by Gasteiger charge is 2.13. The molecule has 1 N–H and O–H groups in total. The Balaban J connectivity index is 2.19. The van der Waals surface area contributed by atoms with Crippen molar-refractivity contribution in [3.8, 4) is 11.1 Å². The molecule has 6 nitrogen and oxygen atoms in total. The van der Waals surface area contributed by atoms with E-state index >= 15 is 0 Å². The normalized spacial score (nSPS) is 11.2. The molecule has 0 fully saturated rings. The van der Waals surface area contributed by atoms with E-state index in [0.29, 0.717) is 18.8 Å². The van der Waals surface area contributed by atoms with Gasteiger partial charge in [-0.25, -0.2) is 9.78 Å². The van der Waals surface area contributed by atoms with E-state index in [1.807, 2.05) is 18.2 Å². The van der Waals surface area contributed by atoms with Gasteiger partial charge in [-0.3, -0.25) is 9.55 Å². The van der Waals surface area contributed by atoms with Crippen LogP contribution in [0.4, 0.5) is 0 Å². The molecule has 0 bridgehead atoms. The number of pyridine rings is 2. The number of hydrogen-bond acceptors (Lipinski definition) is 4. The summed E-state index contributed by atoms with van der Waals surface area (Å²) >= 11 is 0. The molecule has 0 radical (unpaired) electrons. The van der Waals surface area contributed by atoms with E-state index in [-0.39, 0.29) is 5.69 Å². The second kappa shape index (κ2) is 6.11. The molecular weight excluding hydrogens is 280 g/mol. The second-order valence-electron chi connectivity index (χ2n) is 5.02. The van der Waals surface area contributed by atoms with Crippen LogP contribution in [0, 0.1) is 0 Å². The number of aryl methyl sites for hydroxylation is 1. The quantitative estimate of drug-likeness (QED) is 0.782. The molecule has 3 heterocycles. The van der Waals surface area contributed by atoms with Gasteiger partial charge in [-0.05, 0) is 30.2 Å². The van der Waals surface area contributed by atoms with Gasteiger partial charge in [0.05, 0.1) is 24.4 Å². The van der Waals surface area contributed by atoms with Crippen LogP contribution in [0.3, 0.4) is 0 Å². The predicted octanol–water partition coefficient (Wildman–Crippen LogP) is 2.00. The van der Waals surface area contributed by atoms with Gasteiger partial charge in [0.2, 0.25) is 0 Å². The Morgan fingerprint density at radius 2 is 2.09 bits per heavy atom. The van der Waals surface area contributed by atoms with Crippen molar-refractivity contribution in [2.75, 3.05) is 13.7 Å². The van der Waals surface area contributed by atoms with Crippen molar-refractivity contribution >= 4 is 11.2 Å². The Hall–Kier alpha value is -2.47. The van der Waals surface area contributed by atoms with Gasteiger partial charge in [-0.2, -0.15) is 0 Å². The number of H-pyrrole nitrogens is 1. The number of nitrogens with one attached hydrogen (secondary N) is 1. The Labute approximate surface area is 127 Å². The number of ether oxygens (including phenoxy) is 1. The first-order valence-corrected chi connectivity index (χ1v) is 7.26. The highest BCUT2D eigenvalue weighted by atomic mass is 16.5. The van der Waals surface area contributed by atoms with Crippen LogP contribution < -0.4 is 5.69 Å². The van der Waals surface area contributed by atoms with E-state index in [0.717, 1.165) is 28.8 Å². The van der Waals surface area contributed by atoms with Gasteiger partial charge in [0.1, 0.15) is 0 Å². The molecule has 3 aromatic rings. The summed E-state index contributed by atoms with van der Waals surface area (Å²) in [6.45, 7) is 3.02. The van der Waals surface area contributed by atoms with Crippen LogP contribution in [0.25, 0.3) is 22.3 Å². The summed E-state index contributed by atoms with van der Waals surface area (Å²) in [5, 5.41) is 0. The van der Waals surface area contributed by atoms with Crippen LogP contribution in [-0.4, -0.2) is 33.2 Å². The topological polar surface area (TPSA) is 72.8 Å². The molecule has 6 heteroatoms. The first-order valence-electron chi connectivity index (χ1n) is 7.26. The minimum absolute atomic E-state index is 0.159. The summed E-state index contributed by atoms with van der Waals surface area (Å²) in [6, 6.07) is 5.88. The molecule has 114 valence electrons. The van der Waals surface area contributed by atoms with E-state index in [9.17, 15) is 4.79 Å². The molecule has 3 rings (SSSR count). The van der Waals surface area contributed by atoms with Crippen LogP contribution in [0.1, 0.15) is 12.6 Å². The number of aromatic amines is 1. The second-order valence-corrected chi connectivity index (χ2v) is 5.02. The van der Waals surface area contributed by atoms with Crippen LogP contribution in [0.15, 0.2) is 35.4 Å². The highest BCUT2D eigenvalue weighted by Crippen LogP contribution is 2.25. The fraction of sp³-hybridized carbons (Fsp3) is 0.312. The fourth-order valence-electron chi connectivity index (χ4n) is 2.56. The summed E-state index contributed by atoms with van der Waals surface area (Å²) in [5.74, 6) is 0. The standard InChI is InChI=1S/C16H18N4O2/c1-3-13-12(11-4-6-17-7-5-11)10-14-15(18-13)20(8-9-22-2)16(21)19-14/h4-7,10H,3,8-9H2,1-2H3,(H,19,21). The van der Waals surface area contributed by atoms with Crippen molar-refractivity contribution in [1.82, 2.24) is 19.5 Å². The van der Waals surface area contributed by atoms with E-state index < -0.39 is 0 Å². The van der Waals surface area contributed by atoms with E-state index in [1.165, 1.54) is 0 Å². The molecule has 0 amide bonds. The summed E-state index contributed by atoms with van der Waals surface area (Å²) in [7, 11) is 1.62. The molecule has 0 aliphatic rings. The largest absolute Gasteiger partial charge is 0.383 e. The number of aromatic nitrogens is 4. The zero-order valence-electron chi connectivity index (χ0n) is 12.7. The summed E-state index contributed by atoms with van der Waals surface area (Å²) in [4.78, 5) is 23.7. The molecule has 0 aromatic carbocycles. The first-order chi connectivity index (χ1) is 10.7. The van der Waals surface area contributed by atoms with Gasteiger partial charge in [-0.1, -0.05) is 6.92 Å². The molecule has 22 heavy (non-hydrogen) atoms. The third-order valence-electron chi connectivity index (χ3n) is 3.67. The Bertz CT molecular complexity index is 836. The lowest BCUT2D eigenvalue weighted by Gasteiger charge is -2.09. The van der Waals surface area contributed by atoms with Crippen molar-refractivity contribution in [2.24, 2.45) is 0 Å². The number of hydrogen-bond donors (Lipinski definition) is 1. The van der Waals surface area contributed by atoms with E-state index in [2.05, 4.69) is 16.9 Å². The van der Waals surface area contributed by atoms with Gasteiger partial charge in [-0.15, -0.1) is 0 Å². The van der Waals surface area contributed by atoms with Crippen molar-refractivity contribution in [1.29, 1.82) is 0 Å². The lowest BCUT2D eigenvalue weighted by molar-refractivity contribution is 0.187. The monoisotopic (exact) mass is 298 g/mol. The lowest BCUT2D eigenvalue weighted by Crippen LogP contribution is -2.19. The van der Waals surface area contributed by atoms with Crippen molar-refractivity contribution in [3.63, 3.8) is 0 Å². The molecule has 0 atom stereocenters. The molecule has 0 unspecified atom stereocenters. The Kier molecular flexibility index (Phi) is 4.02. The van der Waals surface area contributed by atoms with Gasteiger partial charge in [0, 0.05) is 25.1 Å². The van der Waals surface area contributed by atoms with E-state index in [4.69, 9.17) is 9.72 Å². The summed E-state index contributed by atoms with van der Waals surface area (Å²) < 4.78 is 6.68. The SMILES string of the molecule is CCc1nc2c(cc1-c1ccncc1)[nH]c(=O)n2CCOC. The average Bonchev–Trinajstić information content (AvgIpc) is 2.86. The zero-order chi connectivity index (χ0) is 15.5. The third-order valence-corrected chi connectivity index (χ3v) is 3.67. The Morgan fingerprint density at radius 3 is 2.77 bits per heavy atom. The third kappa shape index (κ3) is 2.53. The fourth-order valence-corrected chi connectivity index (χ4v) is 2.56. The minimum atomic E-state index is -0.159. The highest BCUT2D eigenvalue weighted by molar-refractivity contribution is 5.80. The zero-order valence-corrected chi connectivity index (χ0v) is 12.7. The van der Waals surface area contributed by atoms with Crippen molar-refractivity contribution in [2.45, 2.75) is 19.9 Å². The van der Waals surface area contributed by atoms with Crippen LogP contribution >= 0.6 is 0 Å². The number of imidazole rings is 1. The molecule has 0 saturated carbocycles. The van der Waals surface area contributed by atoms with Crippen LogP contribution in [0.2, 0.25) is 0 Å². The molecule has 0 saturated heterocycles. The maximum absolute atomic E-state index is 12.1. The first kappa shape index (κ1) is 14.5. The van der Waals surface area contributed by atoms with Crippen molar-refractivity contribution in [3.05, 3.63) is 46.8 Å². The molecule has 0 spiro atoms. The number of fused-ring (bicyclic) bond motifs is 1. The minimum Gasteiger partial charge on any atom is -0.383 e. The van der Waals surface area contributed by atoms with Gasteiger partial charge >= 0.3 is 5.69 Å². The van der Waals surface area contributed by atoms with Crippen LogP contribution in [-0.2, 0) is 17.7 Å². The van der Waals surface area contributed by atoms with Crippen molar-refractivity contribution < 1.29 is 4.74 Å². The number of methoxy groups -OCH3 is 1. The maximum Gasteiger partial charge on any atom is 0.327 e. The smallest absolute Gasteiger partial charge is 0.327 e. The number of nitrogens with zero attached hydrogens (tertiary/aromatic N) is 3. The predicted molar refractivity (Wildman–Crippen MR) is 84.8 cm³/mol. The van der Waals surface area contributed by atoms with Crippen LogP contribution in [0.5, 0.6) is 0 Å².